The van der Waals surface area contributed by atoms with Crippen molar-refractivity contribution in [1.82, 2.24) is 0 Å². The fraction of sp³-hybridized carbons (Fsp3) is 0.841. The van der Waals surface area contributed by atoms with Gasteiger partial charge in [-0.15, -0.1) is 0 Å². The second kappa shape index (κ2) is 35.8. The van der Waals surface area contributed by atoms with Crippen molar-refractivity contribution in [1.29, 1.82) is 0 Å². The van der Waals surface area contributed by atoms with E-state index < -0.39 is 18.1 Å². The fourth-order valence-corrected chi connectivity index (χ4v) is 6.22. The molecular weight excluding hydrogens is 654 g/mol. The van der Waals surface area contributed by atoms with Gasteiger partial charge in [-0.2, -0.15) is 0 Å². The van der Waals surface area contributed by atoms with Crippen LogP contribution in [0, 0.1) is 0 Å². The number of unbranched alkanes of at least 4 members (excludes halogenated alkanes) is 20. The monoisotopic (exact) mass is 736 g/mol. The zero-order valence-electron chi connectivity index (χ0n) is 34.5. The third-order valence-electron chi connectivity index (χ3n) is 9.59. The summed E-state index contributed by atoms with van der Waals surface area (Å²) in [7, 11) is 5.40. The highest BCUT2D eigenvalue weighted by molar-refractivity contribution is 5.70. The molecular formula is C44H81NO7. The average molecular weight is 736 g/mol. The Morgan fingerprint density at radius 1 is 0.577 bits per heavy atom. The van der Waals surface area contributed by atoms with Gasteiger partial charge >= 0.3 is 11.9 Å². The van der Waals surface area contributed by atoms with Gasteiger partial charge in [-0.1, -0.05) is 147 Å². The molecule has 0 heterocycles. The van der Waals surface area contributed by atoms with Gasteiger partial charge in [-0.05, 0) is 44.9 Å². The highest BCUT2D eigenvalue weighted by Gasteiger charge is 2.25. The van der Waals surface area contributed by atoms with Gasteiger partial charge in [0.1, 0.15) is 12.6 Å². The Bertz CT molecular complexity index is 911. The predicted octanol–water partition coefficient (Wildman–Crippen LogP) is 9.97. The number of carbonyl (C=O) groups is 3. The molecule has 0 amide bonds. The highest BCUT2D eigenvalue weighted by atomic mass is 16.6. The zero-order chi connectivity index (χ0) is 38.5. The van der Waals surface area contributed by atoms with Crippen molar-refractivity contribution in [3.8, 4) is 0 Å². The van der Waals surface area contributed by atoms with Crippen LogP contribution in [0.1, 0.15) is 187 Å². The maximum atomic E-state index is 12.7. The number of hydrogen-bond donors (Lipinski definition) is 0. The topological polar surface area (TPSA) is 102 Å². The summed E-state index contributed by atoms with van der Waals surface area (Å²) in [4.78, 5) is 36.8. The van der Waals surface area contributed by atoms with E-state index in [9.17, 15) is 19.5 Å². The Morgan fingerprint density at radius 2 is 1.02 bits per heavy atom. The Labute approximate surface area is 320 Å². The molecule has 0 aliphatic rings. The Morgan fingerprint density at radius 3 is 1.52 bits per heavy atom. The zero-order valence-corrected chi connectivity index (χ0v) is 34.5. The normalized spacial score (nSPS) is 13.2. The van der Waals surface area contributed by atoms with Crippen LogP contribution in [0.5, 0.6) is 0 Å². The molecule has 0 unspecified atom stereocenters. The number of carbonyl (C=O) groups excluding carboxylic acids is 3. The van der Waals surface area contributed by atoms with Gasteiger partial charge in [0.2, 0.25) is 0 Å². The minimum atomic E-state index is -1.13. The van der Waals surface area contributed by atoms with E-state index in [-0.39, 0.29) is 42.7 Å². The molecule has 8 nitrogen and oxygen atoms in total. The average Bonchev–Trinajstić information content (AvgIpc) is 3.09. The van der Waals surface area contributed by atoms with Crippen LogP contribution < -0.4 is 5.11 Å². The van der Waals surface area contributed by atoms with Crippen molar-refractivity contribution in [2.45, 2.75) is 199 Å². The van der Waals surface area contributed by atoms with Crippen LogP contribution in [-0.4, -0.2) is 75.5 Å². The second-order valence-electron chi connectivity index (χ2n) is 15.6. The third kappa shape index (κ3) is 33.6. The number of allylic oxidation sites excluding steroid dienone is 4. The van der Waals surface area contributed by atoms with Crippen molar-refractivity contribution in [2.24, 2.45) is 0 Å². The lowest BCUT2D eigenvalue weighted by Gasteiger charge is -2.34. The molecule has 0 aromatic rings. The van der Waals surface area contributed by atoms with E-state index in [1.807, 2.05) is 0 Å². The summed E-state index contributed by atoms with van der Waals surface area (Å²) >= 11 is 0. The smallest absolute Gasteiger partial charge is 0.306 e. The Kier molecular flexibility index (Phi) is 34.3. The third-order valence-corrected chi connectivity index (χ3v) is 9.59. The molecule has 0 saturated carbocycles. The first-order chi connectivity index (χ1) is 25.1. The van der Waals surface area contributed by atoms with Crippen molar-refractivity contribution in [2.75, 3.05) is 41.0 Å². The molecule has 0 aliphatic heterocycles. The molecule has 0 spiro atoms. The highest BCUT2D eigenvalue weighted by Crippen LogP contribution is 2.14. The molecule has 0 aliphatic carbocycles. The number of rotatable bonds is 38. The van der Waals surface area contributed by atoms with E-state index in [0.29, 0.717) is 12.8 Å². The van der Waals surface area contributed by atoms with Crippen molar-refractivity contribution < 1.29 is 38.2 Å². The van der Waals surface area contributed by atoms with E-state index in [1.54, 1.807) is 21.1 Å². The summed E-state index contributed by atoms with van der Waals surface area (Å²) in [6.45, 7) is 4.62. The van der Waals surface area contributed by atoms with Gasteiger partial charge in [0.25, 0.3) is 0 Å². The molecule has 0 saturated heterocycles. The largest absolute Gasteiger partial charge is 0.544 e. The van der Waals surface area contributed by atoms with E-state index >= 15 is 0 Å². The minimum absolute atomic E-state index is 0.0385. The molecule has 52 heavy (non-hydrogen) atoms. The SMILES string of the molecule is CCCCC/C=C\C/C=C\CCCCCCCC(=O)O[C@@H](COCC[C@@H](C(=O)[O-])[N+](C)(C)C)COC(=O)CCCCCCCCCCCCCCC. The maximum Gasteiger partial charge on any atom is 0.306 e. The summed E-state index contributed by atoms with van der Waals surface area (Å²) in [6, 6.07) is -0.725. The Balaban J connectivity index is 4.38. The van der Waals surface area contributed by atoms with Crippen LogP contribution in [0.15, 0.2) is 24.3 Å². The van der Waals surface area contributed by atoms with E-state index in [4.69, 9.17) is 14.2 Å². The van der Waals surface area contributed by atoms with Gasteiger partial charge in [0.05, 0.1) is 40.3 Å². The fourth-order valence-electron chi connectivity index (χ4n) is 6.22. The molecule has 304 valence electrons. The number of hydrogen-bond acceptors (Lipinski definition) is 7. The Hall–Kier alpha value is -2.19. The molecule has 0 bridgehead atoms. The van der Waals surface area contributed by atoms with Crippen LogP contribution in [-0.2, 0) is 28.6 Å². The van der Waals surface area contributed by atoms with E-state index in [0.717, 1.165) is 64.2 Å². The van der Waals surface area contributed by atoms with Crippen molar-refractivity contribution in [3.05, 3.63) is 24.3 Å². The number of carboxylic acid groups (broad SMARTS) is 1. The molecule has 2 atom stereocenters. The molecule has 0 N–H and O–H groups in total. The van der Waals surface area contributed by atoms with Gasteiger partial charge in [0, 0.05) is 19.3 Å². The molecule has 0 rings (SSSR count). The number of likely N-dealkylation sites (N-methyl/N-ethyl adjacent to an activating group) is 1. The standard InChI is InChI=1S/C44H81NO7/c1-6-8-10-12-14-16-18-20-21-23-25-27-29-31-33-35-43(47)52-40(38-50-37-36-41(44(48)49)45(3,4)5)39-51-42(46)34-32-30-28-26-24-22-19-17-15-13-11-9-7-2/h14,16,20-21,40-41H,6-13,15,17-19,22-39H2,1-5H3/b16-14-,21-20-/t40-,41-/m0/s1. The van der Waals surface area contributed by atoms with Crippen LogP contribution in [0.4, 0.5) is 0 Å². The van der Waals surface area contributed by atoms with E-state index in [2.05, 4.69) is 38.2 Å². The lowest BCUT2D eigenvalue weighted by molar-refractivity contribution is -0.889. The maximum absolute atomic E-state index is 12.7. The molecule has 0 radical (unpaired) electrons. The van der Waals surface area contributed by atoms with Gasteiger partial charge in [0.15, 0.2) is 6.10 Å². The van der Waals surface area contributed by atoms with Gasteiger partial charge in [-0.3, -0.25) is 9.59 Å². The molecule has 0 aromatic carbocycles. The number of nitrogens with zero attached hydrogens (tertiary/aromatic N) is 1. The first-order valence-electron chi connectivity index (χ1n) is 21.4. The number of esters is 2. The number of carboxylic acids is 1. The van der Waals surface area contributed by atoms with Crippen LogP contribution in [0.2, 0.25) is 0 Å². The second-order valence-corrected chi connectivity index (χ2v) is 15.6. The molecule has 8 heteroatoms. The van der Waals surface area contributed by atoms with Crippen LogP contribution in [0.3, 0.4) is 0 Å². The van der Waals surface area contributed by atoms with E-state index in [1.165, 1.54) is 89.9 Å². The quantitative estimate of drug-likeness (QED) is 0.0269. The van der Waals surface area contributed by atoms with Gasteiger partial charge < -0.3 is 28.6 Å². The molecule has 0 fully saturated rings. The summed E-state index contributed by atoms with van der Waals surface area (Å²) in [5.41, 5.74) is 0. The molecule has 0 aromatic heterocycles. The first-order valence-corrected chi connectivity index (χ1v) is 21.4. The predicted molar refractivity (Wildman–Crippen MR) is 213 cm³/mol. The van der Waals surface area contributed by atoms with Gasteiger partial charge in [-0.25, -0.2) is 0 Å². The summed E-state index contributed by atoms with van der Waals surface area (Å²) in [6.07, 6.45) is 37.6. The van der Waals surface area contributed by atoms with Crippen LogP contribution >= 0.6 is 0 Å². The summed E-state index contributed by atoms with van der Waals surface area (Å²) in [5, 5.41) is 11.6. The minimum Gasteiger partial charge on any atom is -0.544 e. The lowest BCUT2D eigenvalue weighted by Crippen LogP contribution is -2.55. The number of ether oxygens (including phenoxy) is 3. The lowest BCUT2D eigenvalue weighted by atomic mass is 10.0. The van der Waals surface area contributed by atoms with Crippen molar-refractivity contribution in [3.63, 3.8) is 0 Å². The summed E-state index contributed by atoms with van der Waals surface area (Å²) < 4.78 is 17.1. The number of aliphatic carboxylic acids is 1. The van der Waals surface area contributed by atoms with Crippen molar-refractivity contribution >= 4 is 17.9 Å². The number of quaternary nitrogens is 1. The summed E-state index contributed by atoms with van der Waals surface area (Å²) in [5.74, 6) is -1.75. The van der Waals surface area contributed by atoms with Crippen LogP contribution in [0.25, 0.3) is 0 Å². The first kappa shape index (κ1) is 49.8.